The van der Waals surface area contributed by atoms with Crippen LogP contribution < -0.4 is 5.32 Å². The number of allylic oxidation sites excluding steroid dienone is 2. The highest BCUT2D eigenvalue weighted by atomic mass is 19.1. The van der Waals surface area contributed by atoms with Gasteiger partial charge in [0.25, 0.3) is 0 Å². The Morgan fingerprint density at radius 3 is 2.31 bits per heavy atom. The van der Waals surface area contributed by atoms with Crippen LogP contribution in [0.5, 0.6) is 0 Å². The van der Waals surface area contributed by atoms with Crippen molar-refractivity contribution in [2.45, 2.75) is 37.1 Å². The van der Waals surface area contributed by atoms with Crippen molar-refractivity contribution in [1.29, 1.82) is 0 Å². The van der Waals surface area contributed by atoms with E-state index in [2.05, 4.69) is 5.32 Å². The summed E-state index contributed by atoms with van der Waals surface area (Å²) in [4.78, 5) is 11.0. The van der Waals surface area contributed by atoms with Crippen LogP contribution in [0.4, 0.5) is 14.6 Å². The number of benzene rings is 2. The number of nitrogens with one attached hydrogen (secondary N) is 1. The summed E-state index contributed by atoms with van der Waals surface area (Å²) in [6.07, 6.45) is 11.6. The first kappa shape index (κ1) is 20.4. The van der Waals surface area contributed by atoms with Gasteiger partial charge in [0, 0.05) is 29.6 Å². The zero-order valence-corrected chi connectivity index (χ0v) is 17.5. The Labute approximate surface area is 185 Å². The molecule has 2 aliphatic rings. The molecule has 6 heteroatoms. The predicted molar refractivity (Wildman–Crippen MR) is 121 cm³/mol. The van der Waals surface area contributed by atoms with Crippen LogP contribution in [0.2, 0.25) is 0 Å². The van der Waals surface area contributed by atoms with Crippen molar-refractivity contribution in [3.05, 3.63) is 94.7 Å². The summed E-state index contributed by atoms with van der Waals surface area (Å²) >= 11 is 0. The average Bonchev–Trinajstić information content (AvgIpc) is 3.11. The lowest BCUT2D eigenvalue weighted by Gasteiger charge is -2.35. The van der Waals surface area contributed by atoms with Crippen molar-refractivity contribution < 1.29 is 13.6 Å². The number of rotatable bonds is 6. The summed E-state index contributed by atoms with van der Waals surface area (Å²) in [7, 11) is 0. The molecule has 0 unspecified atom stereocenters. The highest BCUT2D eigenvalue weighted by Crippen LogP contribution is 2.44. The second-order valence-electron chi connectivity index (χ2n) is 8.41. The first-order valence-electron chi connectivity index (χ1n) is 10.8. The Balaban J connectivity index is 1.67. The number of aldehydes is 1. The Kier molecular flexibility index (Phi) is 5.21. The molecule has 1 N–H and O–H groups in total. The van der Waals surface area contributed by atoms with E-state index in [-0.39, 0.29) is 11.6 Å². The van der Waals surface area contributed by atoms with Crippen molar-refractivity contribution in [3.8, 4) is 0 Å². The smallest absolute Gasteiger partial charge is 0.156 e. The monoisotopic (exact) mass is 431 g/mol. The molecule has 0 atom stereocenters. The average molecular weight is 431 g/mol. The van der Waals surface area contributed by atoms with E-state index in [1.807, 2.05) is 24.3 Å². The molecule has 0 aliphatic heterocycles. The molecule has 1 fully saturated rings. The molecule has 5 rings (SSSR count). The lowest BCUT2D eigenvalue weighted by Crippen LogP contribution is -2.32. The van der Waals surface area contributed by atoms with Crippen molar-refractivity contribution in [2.75, 3.05) is 5.32 Å². The Hall–Kier alpha value is -3.54. The van der Waals surface area contributed by atoms with Crippen molar-refractivity contribution in [3.63, 3.8) is 0 Å². The van der Waals surface area contributed by atoms with Crippen LogP contribution in [0.15, 0.2) is 60.7 Å². The molecule has 2 aliphatic carbocycles. The molecule has 1 heterocycles. The molecule has 4 nitrogen and oxygen atoms in total. The molecule has 162 valence electrons. The van der Waals surface area contributed by atoms with Gasteiger partial charge in [-0.15, -0.1) is 0 Å². The van der Waals surface area contributed by atoms with Gasteiger partial charge in [0.15, 0.2) is 5.82 Å². The minimum absolute atomic E-state index is 0.348. The molecule has 32 heavy (non-hydrogen) atoms. The van der Waals surface area contributed by atoms with Crippen LogP contribution in [0.3, 0.4) is 0 Å². The largest absolute Gasteiger partial charge is 0.365 e. The molecule has 0 amide bonds. The Morgan fingerprint density at radius 1 is 1.06 bits per heavy atom. The van der Waals surface area contributed by atoms with E-state index in [1.54, 1.807) is 23.0 Å². The maximum Gasteiger partial charge on any atom is 0.156 e. The molecule has 2 aromatic carbocycles. The van der Waals surface area contributed by atoms with Crippen LogP contribution in [0.1, 0.15) is 41.6 Å². The van der Waals surface area contributed by atoms with Crippen LogP contribution in [-0.4, -0.2) is 22.1 Å². The van der Waals surface area contributed by atoms with Gasteiger partial charge in [0.2, 0.25) is 0 Å². The number of carbonyl (C=O) groups is 1. The quantitative estimate of drug-likeness (QED) is 0.423. The van der Waals surface area contributed by atoms with E-state index in [0.717, 1.165) is 41.0 Å². The zero-order valence-electron chi connectivity index (χ0n) is 17.5. The molecule has 0 radical (unpaired) electrons. The lowest BCUT2D eigenvalue weighted by atomic mass is 9.68. The summed E-state index contributed by atoms with van der Waals surface area (Å²) < 4.78 is 30.2. The number of fused-ring (bicyclic) bond motifs is 1. The standard InChI is InChI=1S/C26H23F2N3O/c27-20-7-1-5-18(15-20)26(19-6-2-8-21(28)16-19)12-11-23-24(17-26)31(13-4-14-32)30-25(23)29-22-9-3-10-22/h1-2,4-8,11-16,22H,3,9-10,17H2,(H,29,30). The summed E-state index contributed by atoms with van der Waals surface area (Å²) in [6, 6.07) is 13.2. The van der Waals surface area contributed by atoms with Crippen molar-refractivity contribution in [2.24, 2.45) is 0 Å². The number of anilines is 1. The van der Waals surface area contributed by atoms with Gasteiger partial charge in [0.05, 0.1) is 5.69 Å². The topological polar surface area (TPSA) is 46.9 Å². The fraction of sp³-hybridized carbons (Fsp3) is 0.231. The predicted octanol–water partition coefficient (Wildman–Crippen LogP) is 5.35. The van der Waals surface area contributed by atoms with Crippen molar-refractivity contribution in [1.82, 2.24) is 9.78 Å². The van der Waals surface area contributed by atoms with E-state index in [0.29, 0.717) is 18.7 Å². The number of halogens is 2. The second-order valence-corrected chi connectivity index (χ2v) is 8.41. The number of aromatic nitrogens is 2. The van der Waals surface area contributed by atoms with E-state index < -0.39 is 5.41 Å². The van der Waals surface area contributed by atoms with Gasteiger partial charge in [-0.2, -0.15) is 5.10 Å². The van der Waals surface area contributed by atoms with Gasteiger partial charge in [-0.05, 0) is 60.7 Å². The fourth-order valence-electron chi connectivity index (χ4n) is 4.57. The summed E-state index contributed by atoms with van der Waals surface area (Å²) in [5, 5.41) is 8.20. The van der Waals surface area contributed by atoms with Gasteiger partial charge in [-0.25, -0.2) is 13.5 Å². The Bertz CT molecular complexity index is 1180. The first-order valence-corrected chi connectivity index (χ1v) is 10.8. The lowest BCUT2D eigenvalue weighted by molar-refractivity contribution is -0.104. The SMILES string of the molecule is O=CC=Cn1nc(NC2CCC2)c2c1CC(c1cccc(F)c1)(c1cccc(F)c1)C=C2. The summed E-state index contributed by atoms with van der Waals surface area (Å²) in [5.41, 5.74) is 2.49. The van der Waals surface area contributed by atoms with Crippen LogP contribution in [-0.2, 0) is 16.6 Å². The van der Waals surface area contributed by atoms with Gasteiger partial charge < -0.3 is 5.32 Å². The summed E-state index contributed by atoms with van der Waals surface area (Å²) in [6.45, 7) is 0. The summed E-state index contributed by atoms with van der Waals surface area (Å²) in [5.74, 6) is 0.0712. The normalized spacial score (nSPS) is 17.2. The van der Waals surface area contributed by atoms with Crippen LogP contribution in [0.25, 0.3) is 12.3 Å². The number of carbonyl (C=O) groups excluding carboxylic acids is 1. The molecular formula is C26H23F2N3O. The van der Waals surface area contributed by atoms with E-state index in [1.165, 1.54) is 36.8 Å². The number of nitrogens with zero attached hydrogens (tertiary/aromatic N) is 2. The zero-order chi connectivity index (χ0) is 22.1. The number of hydrogen-bond acceptors (Lipinski definition) is 3. The fourth-order valence-corrected chi connectivity index (χ4v) is 4.57. The van der Waals surface area contributed by atoms with Gasteiger partial charge in [-0.1, -0.05) is 36.4 Å². The Morgan fingerprint density at radius 2 is 1.75 bits per heavy atom. The minimum atomic E-state index is -0.780. The van der Waals surface area contributed by atoms with E-state index >= 15 is 0 Å². The maximum absolute atomic E-state index is 14.2. The third-order valence-electron chi connectivity index (χ3n) is 6.46. The molecule has 1 aromatic heterocycles. The van der Waals surface area contributed by atoms with Gasteiger partial charge in [0.1, 0.15) is 17.9 Å². The second kappa shape index (κ2) is 8.19. The molecule has 3 aromatic rings. The van der Waals surface area contributed by atoms with Crippen LogP contribution in [0, 0.1) is 11.6 Å². The van der Waals surface area contributed by atoms with E-state index in [9.17, 15) is 13.6 Å². The van der Waals surface area contributed by atoms with Crippen LogP contribution >= 0.6 is 0 Å². The molecule has 1 saturated carbocycles. The highest BCUT2D eigenvalue weighted by molar-refractivity contribution is 5.74. The number of hydrogen-bond donors (Lipinski definition) is 1. The third kappa shape index (κ3) is 3.55. The minimum Gasteiger partial charge on any atom is -0.365 e. The molecular weight excluding hydrogens is 408 g/mol. The molecule has 0 spiro atoms. The van der Waals surface area contributed by atoms with Crippen molar-refractivity contribution >= 4 is 24.4 Å². The van der Waals surface area contributed by atoms with E-state index in [4.69, 9.17) is 5.10 Å². The molecule has 0 bridgehead atoms. The van der Waals surface area contributed by atoms with Gasteiger partial charge >= 0.3 is 0 Å². The maximum atomic E-state index is 14.2. The van der Waals surface area contributed by atoms with Gasteiger partial charge in [-0.3, -0.25) is 4.79 Å². The first-order chi connectivity index (χ1) is 15.6. The highest BCUT2D eigenvalue weighted by Gasteiger charge is 2.38. The third-order valence-corrected chi connectivity index (χ3v) is 6.46. The molecule has 0 saturated heterocycles.